The van der Waals surface area contributed by atoms with Crippen molar-refractivity contribution < 1.29 is 4.39 Å². The first-order chi connectivity index (χ1) is 11.6. The molecule has 2 aliphatic heterocycles. The first-order valence-electron chi connectivity index (χ1n) is 8.22. The summed E-state index contributed by atoms with van der Waals surface area (Å²) in [5.41, 5.74) is 3.42. The van der Waals surface area contributed by atoms with Crippen LogP contribution in [0, 0.1) is 5.82 Å². The Hall–Kier alpha value is -2.40. The second-order valence-corrected chi connectivity index (χ2v) is 6.11. The number of hydrogen-bond donors (Lipinski definition) is 2. The number of halogens is 1. The Labute approximate surface area is 142 Å². The summed E-state index contributed by atoms with van der Waals surface area (Å²) in [6.45, 7) is 10.7. The molecule has 1 saturated heterocycles. The van der Waals surface area contributed by atoms with Crippen molar-refractivity contribution >= 4 is 11.4 Å². The maximum absolute atomic E-state index is 14.3. The van der Waals surface area contributed by atoms with Crippen LogP contribution in [0.2, 0.25) is 0 Å². The summed E-state index contributed by atoms with van der Waals surface area (Å²) >= 11 is 0. The third-order valence-electron chi connectivity index (χ3n) is 4.44. The van der Waals surface area contributed by atoms with Crippen molar-refractivity contribution in [2.45, 2.75) is 19.9 Å². The zero-order chi connectivity index (χ0) is 17.1. The highest BCUT2D eigenvalue weighted by Crippen LogP contribution is 2.33. The highest BCUT2D eigenvalue weighted by Gasteiger charge is 2.26. The predicted octanol–water partition coefficient (Wildman–Crippen LogP) is 2.88. The van der Waals surface area contributed by atoms with Gasteiger partial charge in [0, 0.05) is 54.3 Å². The molecular weight excluding hydrogens is 303 g/mol. The van der Waals surface area contributed by atoms with Gasteiger partial charge in [-0.3, -0.25) is 0 Å². The van der Waals surface area contributed by atoms with Crippen LogP contribution in [0.1, 0.15) is 19.4 Å². The van der Waals surface area contributed by atoms with Gasteiger partial charge in [0.25, 0.3) is 0 Å². The number of allylic oxidation sites excluding steroid dienone is 1. The largest absolute Gasteiger partial charge is 0.372 e. The number of rotatable bonds is 3. The van der Waals surface area contributed by atoms with Crippen LogP contribution in [-0.2, 0) is 0 Å². The summed E-state index contributed by atoms with van der Waals surface area (Å²) < 4.78 is 14.3. The predicted molar refractivity (Wildman–Crippen MR) is 96.9 cm³/mol. The van der Waals surface area contributed by atoms with Crippen LogP contribution in [0.4, 0.5) is 4.39 Å². The van der Waals surface area contributed by atoms with Gasteiger partial charge < -0.3 is 15.5 Å². The Balaban J connectivity index is 2.03. The zero-order valence-electron chi connectivity index (χ0n) is 14.1. The number of nitrogens with one attached hydrogen (secondary N) is 2. The second-order valence-electron chi connectivity index (χ2n) is 6.11. The third kappa shape index (κ3) is 3.12. The number of amidine groups is 1. The van der Waals surface area contributed by atoms with E-state index in [1.807, 2.05) is 6.07 Å². The minimum Gasteiger partial charge on any atom is -0.372 e. The molecule has 126 valence electrons. The topological polar surface area (TPSA) is 39.7 Å². The van der Waals surface area contributed by atoms with Crippen molar-refractivity contribution in [3.8, 4) is 0 Å². The van der Waals surface area contributed by atoms with Crippen molar-refractivity contribution in [1.29, 1.82) is 0 Å². The van der Waals surface area contributed by atoms with E-state index >= 15 is 0 Å². The monoisotopic (exact) mass is 326 g/mol. The fourth-order valence-electron chi connectivity index (χ4n) is 3.24. The second kappa shape index (κ2) is 7.01. The van der Waals surface area contributed by atoms with Crippen molar-refractivity contribution in [2.24, 2.45) is 4.99 Å². The lowest BCUT2D eigenvalue weighted by molar-refractivity contribution is 0.256. The molecule has 1 fully saturated rings. The van der Waals surface area contributed by atoms with Gasteiger partial charge in [-0.25, -0.2) is 9.38 Å². The van der Waals surface area contributed by atoms with Crippen LogP contribution in [-0.4, -0.2) is 36.4 Å². The van der Waals surface area contributed by atoms with Gasteiger partial charge in [0.15, 0.2) is 0 Å². The van der Waals surface area contributed by atoms with Gasteiger partial charge in [0.05, 0.1) is 0 Å². The van der Waals surface area contributed by atoms with E-state index < -0.39 is 0 Å². The fourth-order valence-corrected chi connectivity index (χ4v) is 3.24. The molecule has 4 nitrogen and oxygen atoms in total. The SMILES string of the molecule is C=CNC1=NC=C(c2ccccc2F)/C1=C(/C)N1CCNC(C)C1. The number of aliphatic imine (C=N–C) groups is 1. The molecule has 0 spiro atoms. The summed E-state index contributed by atoms with van der Waals surface area (Å²) in [6, 6.07) is 7.24. The quantitative estimate of drug-likeness (QED) is 0.897. The number of piperazine rings is 1. The first-order valence-corrected chi connectivity index (χ1v) is 8.22. The van der Waals surface area contributed by atoms with Crippen molar-refractivity contribution in [3.05, 3.63) is 65.9 Å². The number of nitrogens with zero attached hydrogens (tertiary/aromatic N) is 2. The highest BCUT2D eigenvalue weighted by molar-refractivity contribution is 6.16. The van der Waals surface area contributed by atoms with Gasteiger partial charge in [-0.2, -0.15) is 0 Å². The maximum atomic E-state index is 14.3. The fraction of sp³-hybridized carbons (Fsp3) is 0.316. The van der Waals surface area contributed by atoms with Gasteiger partial charge in [0.1, 0.15) is 11.7 Å². The van der Waals surface area contributed by atoms with Crippen LogP contribution in [0.15, 0.2) is 59.5 Å². The van der Waals surface area contributed by atoms with Crippen LogP contribution in [0.25, 0.3) is 5.57 Å². The molecule has 1 aromatic rings. The maximum Gasteiger partial charge on any atom is 0.139 e. The van der Waals surface area contributed by atoms with Crippen LogP contribution in [0.5, 0.6) is 0 Å². The Morgan fingerprint density at radius 3 is 2.96 bits per heavy atom. The van der Waals surface area contributed by atoms with Crippen molar-refractivity contribution in [1.82, 2.24) is 15.5 Å². The van der Waals surface area contributed by atoms with E-state index in [9.17, 15) is 4.39 Å². The molecule has 0 aromatic heterocycles. The average molecular weight is 326 g/mol. The Bertz CT molecular complexity index is 733. The van der Waals surface area contributed by atoms with E-state index in [0.29, 0.717) is 17.4 Å². The molecular formula is C19H23FN4. The zero-order valence-corrected chi connectivity index (χ0v) is 14.1. The summed E-state index contributed by atoms with van der Waals surface area (Å²) in [5.74, 6) is 0.477. The van der Waals surface area contributed by atoms with Gasteiger partial charge in [-0.05, 0) is 26.1 Å². The lowest BCUT2D eigenvalue weighted by atomic mass is 9.96. The Morgan fingerprint density at radius 2 is 2.25 bits per heavy atom. The minimum absolute atomic E-state index is 0.238. The van der Waals surface area contributed by atoms with E-state index in [2.05, 4.69) is 41.0 Å². The van der Waals surface area contributed by atoms with Gasteiger partial charge in [0.2, 0.25) is 0 Å². The average Bonchev–Trinajstić information content (AvgIpc) is 2.98. The van der Waals surface area contributed by atoms with E-state index in [1.165, 1.54) is 6.07 Å². The summed E-state index contributed by atoms with van der Waals surface area (Å²) in [7, 11) is 0. The van der Waals surface area contributed by atoms with Crippen LogP contribution in [0.3, 0.4) is 0 Å². The highest BCUT2D eigenvalue weighted by atomic mass is 19.1. The third-order valence-corrected chi connectivity index (χ3v) is 4.44. The summed E-state index contributed by atoms with van der Waals surface area (Å²) in [5, 5.41) is 6.53. The van der Waals surface area contributed by atoms with E-state index in [4.69, 9.17) is 0 Å². The van der Waals surface area contributed by atoms with Gasteiger partial charge in [-0.15, -0.1) is 0 Å². The van der Waals surface area contributed by atoms with Gasteiger partial charge in [-0.1, -0.05) is 24.8 Å². The van der Waals surface area contributed by atoms with E-state index in [0.717, 1.165) is 36.5 Å². The van der Waals surface area contributed by atoms with Crippen LogP contribution >= 0.6 is 0 Å². The van der Waals surface area contributed by atoms with Crippen molar-refractivity contribution in [2.75, 3.05) is 19.6 Å². The lowest BCUT2D eigenvalue weighted by Crippen LogP contribution is -2.48. The molecule has 1 atom stereocenters. The summed E-state index contributed by atoms with van der Waals surface area (Å²) in [6.07, 6.45) is 3.33. The molecule has 0 aliphatic carbocycles. The molecule has 0 saturated carbocycles. The normalized spacial score (nSPS) is 22.8. The van der Waals surface area contributed by atoms with E-state index in [-0.39, 0.29) is 5.82 Å². The lowest BCUT2D eigenvalue weighted by Gasteiger charge is -2.35. The molecule has 3 rings (SSSR count). The first kappa shape index (κ1) is 16.5. The molecule has 2 heterocycles. The molecule has 0 bridgehead atoms. The number of benzene rings is 1. The minimum atomic E-state index is -0.238. The standard InChI is InChI=1S/C19H23FN4/c1-4-21-19-18(14(3)24-10-9-22-13(2)12-24)16(11-23-19)15-7-5-6-8-17(15)20/h4-8,11,13,22H,1,9-10,12H2,2-3H3,(H,21,23)/b18-14+. The molecule has 2 aliphatic rings. The molecule has 0 radical (unpaired) electrons. The molecule has 2 N–H and O–H groups in total. The molecule has 1 aromatic carbocycles. The van der Waals surface area contributed by atoms with Crippen molar-refractivity contribution in [3.63, 3.8) is 0 Å². The van der Waals surface area contributed by atoms with Gasteiger partial charge >= 0.3 is 0 Å². The molecule has 5 heteroatoms. The number of hydrogen-bond acceptors (Lipinski definition) is 4. The molecule has 0 amide bonds. The van der Waals surface area contributed by atoms with Crippen LogP contribution < -0.4 is 10.6 Å². The Morgan fingerprint density at radius 1 is 1.46 bits per heavy atom. The molecule has 24 heavy (non-hydrogen) atoms. The smallest absolute Gasteiger partial charge is 0.139 e. The molecule has 1 unspecified atom stereocenters. The Kier molecular flexibility index (Phi) is 4.81. The van der Waals surface area contributed by atoms with E-state index in [1.54, 1.807) is 24.5 Å². The summed E-state index contributed by atoms with van der Waals surface area (Å²) in [4.78, 5) is 6.78.